The summed E-state index contributed by atoms with van der Waals surface area (Å²) in [6.45, 7) is 2.01. The van der Waals surface area contributed by atoms with Crippen molar-refractivity contribution < 1.29 is 9.18 Å². The molecular formula is C25H21FN4OS. The summed E-state index contributed by atoms with van der Waals surface area (Å²) >= 11 is 5.44. The van der Waals surface area contributed by atoms with E-state index in [0.29, 0.717) is 10.8 Å². The molecule has 0 saturated heterocycles. The van der Waals surface area contributed by atoms with Crippen LogP contribution in [0.5, 0.6) is 0 Å². The van der Waals surface area contributed by atoms with Crippen molar-refractivity contribution in [1.82, 2.24) is 10.3 Å². The van der Waals surface area contributed by atoms with Gasteiger partial charge in [-0.05, 0) is 73.2 Å². The van der Waals surface area contributed by atoms with Crippen molar-refractivity contribution in [3.63, 3.8) is 0 Å². The minimum atomic E-state index is -0.560. The molecule has 0 aliphatic rings. The minimum absolute atomic E-state index is 0.00255. The number of halogens is 1. The van der Waals surface area contributed by atoms with E-state index in [1.54, 1.807) is 36.4 Å². The number of thiocarbonyl (C=S) groups is 1. The van der Waals surface area contributed by atoms with E-state index in [4.69, 9.17) is 12.2 Å². The van der Waals surface area contributed by atoms with Crippen LogP contribution in [0.25, 0.3) is 10.9 Å². The number of carbonyl (C=O) groups is 1. The Morgan fingerprint density at radius 1 is 0.938 bits per heavy atom. The van der Waals surface area contributed by atoms with Gasteiger partial charge in [-0.1, -0.05) is 30.3 Å². The topological polar surface area (TPSA) is 66.0 Å². The highest BCUT2D eigenvalue weighted by Gasteiger charge is 2.11. The summed E-state index contributed by atoms with van der Waals surface area (Å²) in [6, 6.07) is 22.9. The number of hydrogen-bond donors (Lipinski definition) is 3. The van der Waals surface area contributed by atoms with Crippen LogP contribution in [0.15, 0.2) is 85.1 Å². The molecule has 1 heterocycles. The van der Waals surface area contributed by atoms with Crippen LogP contribution >= 0.6 is 12.2 Å². The molecule has 0 radical (unpaired) electrons. The van der Waals surface area contributed by atoms with Crippen molar-refractivity contribution in [1.29, 1.82) is 0 Å². The largest absolute Gasteiger partial charge is 0.356 e. The van der Waals surface area contributed by atoms with Gasteiger partial charge in [0.1, 0.15) is 5.82 Å². The van der Waals surface area contributed by atoms with Gasteiger partial charge in [0.15, 0.2) is 5.11 Å². The van der Waals surface area contributed by atoms with E-state index in [1.807, 2.05) is 37.4 Å². The maximum Gasteiger partial charge on any atom is 0.258 e. The molecule has 4 rings (SSSR count). The zero-order valence-corrected chi connectivity index (χ0v) is 18.1. The number of nitrogens with zero attached hydrogens (tertiary/aromatic N) is 1. The number of anilines is 2. The average molecular weight is 445 g/mol. The Labute approximate surface area is 190 Å². The van der Waals surface area contributed by atoms with Gasteiger partial charge in [-0.15, -0.1) is 0 Å². The third kappa shape index (κ3) is 5.07. The normalized spacial score (nSPS) is 11.6. The fourth-order valence-electron chi connectivity index (χ4n) is 3.25. The van der Waals surface area contributed by atoms with Gasteiger partial charge in [0.25, 0.3) is 5.91 Å². The van der Waals surface area contributed by atoms with Crippen LogP contribution in [0.3, 0.4) is 0 Å². The Hall–Kier alpha value is -3.84. The monoisotopic (exact) mass is 444 g/mol. The molecule has 0 aliphatic carbocycles. The van der Waals surface area contributed by atoms with Crippen molar-refractivity contribution in [3.8, 4) is 0 Å². The quantitative estimate of drug-likeness (QED) is 0.346. The van der Waals surface area contributed by atoms with Gasteiger partial charge < -0.3 is 16.0 Å². The first-order chi connectivity index (χ1) is 15.5. The molecule has 0 bridgehead atoms. The molecule has 4 aromatic rings. The van der Waals surface area contributed by atoms with Gasteiger partial charge in [-0.2, -0.15) is 0 Å². The molecule has 1 amide bonds. The average Bonchev–Trinajstić information content (AvgIpc) is 2.80. The highest BCUT2D eigenvalue weighted by Crippen LogP contribution is 2.19. The molecule has 160 valence electrons. The van der Waals surface area contributed by atoms with E-state index < -0.39 is 11.7 Å². The van der Waals surface area contributed by atoms with Crippen LogP contribution in [-0.2, 0) is 0 Å². The van der Waals surface area contributed by atoms with Gasteiger partial charge in [-0.25, -0.2) is 4.39 Å². The second-order valence-electron chi connectivity index (χ2n) is 7.29. The van der Waals surface area contributed by atoms with Gasteiger partial charge in [-0.3, -0.25) is 9.78 Å². The Morgan fingerprint density at radius 3 is 2.34 bits per heavy atom. The number of para-hydroxylation sites is 1. The summed E-state index contributed by atoms with van der Waals surface area (Å²) in [6.07, 6.45) is 1.84. The Morgan fingerprint density at radius 2 is 1.59 bits per heavy atom. The van der Waals surface area contributed by atoms with Crippen LogP contribution in [-0.4, -0.2) is 16.0 Å². The number of nitrogens with one attached hydrogen (secondary N) is 3. The van der Waals surface area contributed by atoms with E-state index in [2.05, 4.69) is 27.0 Å². The maximum atomic E-state index is 13.8. The number of aromatic nitrogens is 1. The molecule has 1 aromatic heterocycles. The first kappa shape index (κ1) is 21.4. The Balaban J connectivity index is 1.35. The first-order valence-electron chi connectivity index (χ1n) is 10.1. The molecule has 0 spiro atoms. The van der Waals surface area contributed by atoms with Crippen molar-refractivity contribution in [2.24, 2.45) is 0 Å². The molecule has 7 heteroatoms. The van der Waals surface area contributed by atoms with Crippen molar-refractivity contribution in [2.45, 2.75) is 13.0 Å². The lowest BCUT2D eigenvalue weighted by molar-refractivity contribution is 0.102. The van der Waals surface area contributed by atoms with Gasteiger partial charge in [0, 0.05) is 23.0 Å². The predicted molar refractivity (Wildman–Crippen MR) is 130 cm³/mol. The number of amides is 1. The summed E-state index contributed by atoms with van der Waals surface area (Å²) in [5.74, 6) is -1.06. The number of pyridine rings is 1. The zero-order valence-electron chi connectivity index (χ0n) is 17.3. The SMILES string of the molecule is CC(NC(=S)Nc1ccc(NC(=O)c2ccccc2F)cc1)c1cnc2ccccc2c1. The molecule has 5 nitrogen and oxygen atoms in total. The molecule has 3 N–H and O–H groups in total. The van der Waals surface area contributed by atoms with Crippen LogP contribution in [0.1, 0.15) is 28.9 Å². The molecule has 0 saturated carbocycles. The first-order valence-corrected chi connectivity index (χ1v) is 10.5. The summed E-state index contributed by atoms with van der Waals surface area (Å²) in [4.78, 5) is 16.7. The summed E-state index contributed by atoms with van der Waals surface area (Å²) in [5, 5.41) is 10.6. The third-order valence-electron chi connectivity index (χ3n) is 4.98. The van der Waals surface area contributed by atoms with Crippen LogP contribution in [0.4, 0.5) is 15.8 Å². The lowest BCUT2D eigenvalue weighted by Crippen LogP contribution is -2.30. The maximum absolute atomic E-state index is 13.8. The Bertz CT molecular complexity index is 1280. The van der Waals surface area contributed by atoms with E-state index >= 15 is 0 Å². The smallest absolute Gasteiger partial charge is 0.258 e. The number of benzene rings is 3. The van der Waals surface area contributed by atoms with E-state index in [1.165, 1.54) is 12.1 Å². The van der Waals surface area contributed by atoms with Crippen LogP contribution < -0.4 is 16.0 Å². The fraction of sp³-hybridized carbons (Fsp3) is 0.0800. The number of fused-ring (bicyclic) bond motifs is 1. The highest BCUT2D eigenvalue weighted by atomic mass is 32.1. The molecule has 3 aromatic carbocycles. The van der Waals surface area contributed by atoms with Gasteiger partial charge in [0.2, 0.25) is 0 Å². The van der Waals surface area contributed by atoms with E-state index in [9.17, 15) is 9.18 Å². The molecule has 0 fully saturated rings. The highest BCUT2D eigenvalue weighted by molar-refractivity contribution is 7.80. The molecule has 0 aliphatic heterocycles. The lowest BCUT2D eigenvalue weighted by Gasteiger charge is -2.18. The summed E-state index contributed by atoms with van der Waals surface area (Å²) < 4.78 is 13.8. The molecular weight excluding hydrogens is 423 g/mol. The molecule has 1 atom stereocenters. The lowest BCUT2D eigenvalue weighted by atomic mass is 10.1. The fourth-order valence-corrected chi connectivity index (χ4v) is 3.55. The minimum Gasteiger partial charge on any atom is -0.356 e. The predicted octanol–water partition coefficient (Wildman–Crippen LogP) is 5.67. The van der Waals surface area contributed by atoms with Crippen LogP contribution in [0, 0.1) is 5.82 Å². The second kappa shape index (κ2) is 9.53. The second-order valence-corrected chi connectivity index (χ2v) is 7.70. The van der Waals surface area contributed by atoms with Crippen LogP contribution in [0.2, 0.25) is 0 Å². The van der Waals surface area contributed by atoms with Crippen molar-refractivity contribution >= 4 is 45.5 Å². The number of rotatable bonds is 5. The summed E-state index contributed by atoms with van der Waals surface area (Å²) in [5.41, 5.74) is 3.29. The molecule has 1 unspecified atom stereocenters. The van der Waals surface area contributed by atoms with E-state index in [0.717, 1.165) is 22.2 Å². The number of carbonyl (C=O) groups excluding carboxylic acids is 1. The Kier molecular flexibility index (Phi) is 6.37. The van der Waals surface area contributed by atoms with Crippen molar-refractivity contribution in [3.05, 3.63) is 102 Å². The van der Waals surface area contributed by atoms with Gasteiger partial charge >= 0.3 is 0 Å². The summed E-state index contributed by atoms with van der Waals surface area (Å²) in [7, 11) is 0. The third-order valence-corrected chi connectivity index (χ3v) is 5.20. The number of hydrogen-bond acceptors (Lipinski definition) is 3. The molecule has 32 heavy (non-hydrogen) atoms. The standard InChI is InChI=1S/C25H21FN4OS/c1-16(18-14-17-6-2-5-9-23(17)27-15-18)28-25(32)30-20-12-10-19(11-13-20)29-24(31)21-7-3-4-8-22(21)26/h2-16H,1H3,(H,29,31)(H2,28,30,32). The van der Waals surface area contributed by atoms with E-state index in [-0.39, 0.29) is 11.6 Å². The zero-order chi connectivity index (χ0) is 22.5. The van der Waals surface area contributed by atoms with Gasteiger partial charge in [0.05, 0.1) is 17.1 Å². The van der Waals surface area contributed by atoms with Crippen molar-refractivity contribution in [2.75, 3.05) is 10.6 Å².